The van der Waals surface area contributed by atoms with Gasteiger partial charge in [0.2, 0.25) is 0 Å². The zero-order valence-corrected chi connectivity index (χ0v) is 12.8. The lowest BCUT2D eigenvalue weighted by Crippen LogP contribution is -2.14. The Hall–Kier alpha value is -1.51. The lowest BCUT2D eigenvalue weighted by Gasteiger charge is -2.21. The summed E-state index contributed by atoms with van der Waals surface area (Å²) in [4.78, 5) is 12.2. The minimum atomic E-state index is -0.283. The molecule has 1 aromatic rings. The fraction of sp³-hybridized carbons (Fsp3) is 0.562. The van der Waals surface area contributed by atoms with E-state index in [2.05, 4.69) is 20.8 Å². The number of hydrogen-bond acceptors (Lipinski definition) is 3. The Morgan fingerprint density at radius 3 is 2.00 bits per heavy atom. The van der Waals surface area contributed by atoms with E-state index in [9.17, 15) is 4.79 Å². The second kappa shape index (κ2) is 6.60. The van der Waals surface area contributed by atoms with Crippen molar-refractivity contribution in [1.82, 2.24) is 0 Å². The molecule has 1 aromatic carbocycles. The molecule has 0 heterocycles. The SMILES string of the molecule is CCOC(=O)c1c(CC)c(CC)c(C)c(C)c1OC. The first kappa shape index (κ1) is 15.5. The molecule has 0 aliphatic rings. The van der Waals surface area contributed by atoms with Crippen molar-refractivity contribution in [3.05, 3.63) is 27.8 Å². The van der Waals surface area contributed by atoms with Crippen molar-refractivity contribution in [3.8, 4) is 5.75 Å². The monoisotopic (exact) mass is 264 g/mol. The third-order valence-corrected chi connectivity index (χ3v) is 3.64. The van der Waals surface area contributed by atoms with Crippen LogP contribution in [0, 0.1) is 13.8 Å². The fourth-order valence-electron chi connectivity index (χ4n) is 2.64. The van der Waals surface area contributed by atoms with Crippen molar-refractivity contribution >= 4 is 5.97 Å². The van der Waals surface area contributed by atoms with Crippen LogP contribution < -0.4 is 4.74 Å². The van der Waals surface area contributed by atoms with Crippen LogP contribution in [0.4, 0.5) is 0 Å². The Balaban J connectivity index is 3.65. The molecule has 19 heavy (non-hydrogen) atoms. The van der Waals surface area contributed by atoms with Gasteiger partial charge in [0.25, 0.3) is 0 Å². The first-order chi connectivity index (χ1) is 9.03. The van der Waals surface area contributed by atoms with Crippen LogP contribution in [-0.4, -0.2) is 19.7 Å². The molecule has 0 aliphatic carbocycles. The summed E-state index contributed by atoms with van der Waals surface area (Å²) in [6, 6.07) is 0. The number of methoxy groups -OCH3 is 1. The third kappa shape index (κ3) is 2.75. The number of carbonyl (C=O) groups is 1. The van der Waals surface area contributed by atoms with Gasteiger partial charge in [-0.2, -0.15) is 0 Å². The van der Waals surface area contributed by atoms with E-state index in [0.29, 0.717) is 17.9 Å². The number of benzene rings is 1. The van der Waals surface area contributed by atoms with Crippen LogP contribution in [0.2, 0.25) is 0 Å². The molecule has 0 atom stereocenters. The second-order valence-electron chi connectivity index (χ2n) is 4.54. The summed E-state index contributed by atoms with van der Waals surface area (Å²) in [6.45, 7) is 10.4. The van der Waals surface area contributed by atoms with Gasteiger partial charge < -0.3 is 9.47 Å². The predicted molar refractivity (Wildman–Crippen MR) is 77.2 cm³/mol. The van der Waals surface area contributed by atoms with E-state index in [0.717, 1.165) is 24.0 Å². The van der Waals surface area contributed by atoms with E-state index in [4.69, 9.17) is 9.47 Å². The van der Waals surface area contributed by atoms with Crippen molar-refractivity contribution in [2.45, 2.75) is 47.5 Å². The highest BCUT2D eigenvalue weighted by molar-refractivity contribution is 5.95. The fourth-order valence-corrected chi connectivity index (χ4v) is 2.64. The van der Waals surface area contributed by atoms with Crippen molar-refractivity contribution < 1.29 is 14.3 Å². The van der Waals surface area contributed by atoms with Crippen LogP contribution in [0.25, 0.3) is 0 Å². The molecule has 0 N–H and O–H groups in total. The lowest BCUT2D eigenvalue weighted by atomic mass is 9.89. The zero-order valence-electron chi connectivity index (χ0n) is 12.8. The van der Waals surface area contributed by atoms with E-state index >= 15 is 0 Å². The zero-order chi connectivity index (χ0) is 14.6. The summed E-state index contributed by atoms with van der Waals surface area (Å²) >= 11 is 0. The van der Waals surface area contributed by atoms with Gasteiger partial charge >= 0.3 is 5.97 Å². The van der Waals surface area contributed by atoms with Gasteiger partial charge in [0.1, 0.15) is 11.3 Å². The summed E-state index contributed by atoms with van der Waals surface area (Å²) in [7, 11) is 1.61. The minimum Gasteiger partial charge on any atom is -0.496 e. The molecule has 3 heteroatoms. The molecule has 0 aromatic heterocycles. The number of carbonyl (C=O) groups excluding carboxylic acids is 1. The molecule has 106 valence electrons. The van der Waals surface area contributed by atoms with E-state index in [1.165, 1.54) is 11.1 Å². The molecule has 0 aliphatic heterocycles. The second-order valence-corrected chi connectivity index (χ2v) is 4.54. The van der Waals surface area contributed by atoms with Gasteiger partial charge in [0.05, 0.1) is 13.7 Å². The van der Waals surface area contributed by atoms with E-state index in [-0.39, 0.29) is 5.97 Å². The Kier molecular flexibility index (Phi) is 5.40. The third-order valence-electron chi connectivity index (χ3n) is 3.64. The van der Waals surface area contributed by atoms with Crippen LogP contribution in [0.5, 0.6) is 5.75 Å². The summed E-state index contributed by atoms with van der Waals surface area (Å²) in [5.74, 6) is 0.374. The van der Waals surface area contributed by atoms with Crippen molar-refractivity contribution in [3.63, 3.8) is 0 Å². The molecule has 0 bridgehead atoms. The molecule has 0 spiro atoms. The minimum absolute atomic E-state index is 0.283. The predicted octanol–water partition coefficient (Wildman–Crippen LogP) is 3.61. The Labute approximate surface area is 115 Å². The molecule has 0 unspecified atom stereocenters. The van der Waals surface area contributed by atoms with Crippen LogP contribution >= 0.6 is 0 Å². The number of esters is 1. The molecule has 3 nitrogen and oxygen atoms in total. The molecular weight excluding hydrogens is 240 g/mol. The largest absolute Gasteiger partial charge is 0.496 e. The number of rotatable bonds is 5. The maximum absolute atomic E-state index is 12.2. The number of hydrogen-bond donors (Lipinski definition) is 0. The van der Waals surface area contributed by atoms with E-state index < -0.39 is 0 Å². The van der Waals surface area contributed by atoms with Crippen LogP contribution in [0.15, 0.2) is 0 Å². The van der Waals surface area contributed by atoms with Crippen molar-refractivity contribution in [2.24, 2.45) is 0 Å². The van der Waals surface area contributed by atoms with Gasteiger partial charge in [0, 0.05) is 0 Å². The lowest BCUT2D eigenvalue weighted by molar-refractivity contribution is 0.0521. The van der Waals surface area contributed by atoms with Gasteiger partial charge in [-0.25, -0.2) is 4.79 Å². The van der Waals surface area contributed by atoms with Gasteiger partial charge in [0.15, 0.2) is 0 Å². The van der Waals surface area contributed by atoms with Crippen molar-refractivity contribution in [2.75, 3.05) is 13.7 Å². The molecule has 1 rings (SSSR count). The Morgan fingerprint density at radius 2 is 1.58 bits per heavy atom. The van der Waals surface area contributed by atoms with E-state index in [1.54, 1.807) is 7.11 Å². The smallest absolute Gasteiger partial charge is 0.342 e. The summed E-state index contributed by atoms with van der Waals surface area (Å²) in [6.07, 6.45) is 1.71. The highest BCUT2D eigenvalue weighted by Gasteiger charge is 2.24. The Morgan fingerprint density at radius 1 is 1.00 bits per heavy atom. The van der Waals surface area contributed by atoms with Crippen molar-refractivity contribution in [1.29, 1.82) is 0 Å². The van der Waals surface area contributed by atoms with Gasteiger partial charge in [-0.3, -0.25) is 0 Å². The molecule has 0 fully saturated rings. The summed E-state index contributed by atoms with van der Waals surface area (Å²) in [5.41, 5.74) is 5.14. The average molecular weight is 264 g/mol. The first-order valence-electron chi connectivity index (χ1n) is 6.89. The van der Waals surface area contributed by atoms with Crippen LogP contribution in [0.3, 0.4) is 0 Å². The van der Waals surface area contributed by atoms with Gasteiger partial charge in [-0.15, -0.1) is 0 Å². The standard InChI is InChI=1S/C16H24O3/c1-7-12-10(4)11(5)15(18-6)14(13(12)8-2)16(17)19-9-3/h7-9H2,1-6H3. The van der Waals surface area contributed by atoms with Crippen LogP contribution in [-0.2, 0) is 17.6 Å². The highest BCUT2D eigenvalue weighted by atomic mass is 16.5. The molecule has 0 radical (unpaired) electrons. The number of ether oxygens (including phenoxy) is 2. The first-order valence-corrected chi connectivity index (χ1v) is 6.89. The van der Waals surface area contributed by atoms with Gasteiger partial charge in [-0.05, 0) is 55.9 Å². The molecule has 0 saturated heterocycles. The average Bonchev–Trinajstić information content (AvgIpc) is 2.40. The van der Waals surface area contributed by atoms with Crippen LogP contribution in [0.1, 0.15) is 53.4 Å². The molecular formula is C16H24O3. The Bertz CT molecular complexity index is 476. The maximum Gasteiger partial charge on any atom is 0.342 e. The molecule has 0 saturated carbocycles. The van der Waals surface area contributed by atoms with Gasteiger partial charge in [-0.1, -0.05) is 13.8 Å². The quantitative estimate of drug-likeness (QED) is 0.762. The highest BCUT2D eigenvalue weighted by Crippen LogP contribution is 2.34. The maximum atomic E-state index is 12.2. The normalized spacial score (nSPS) is 10.4. The summed E-state index contributed by atoms with van der Waals surface area (Å²) in [5, 5.41) is 0. The summed E-state index contributed by atoms with van der Waals surface area (Å²) < 4.78 is 10.7. The topological polar surface area (TPSA) is 35.5 Å². The molecule has 0 amide bonds. The van der Waals surface area contributed by atoms with E-state index in [1.807, 2.05) is 13.8 Å².